The van der Waals surface area contributed by atoms with E-state index in [9.17, 15) is 8.42 Å². The third-order valence-electron chi connectivity index (χ3n) is 6.15. The van der Waals surface area contributed by atoms with Crippen molar-refractivity contribution in [1.82, 2.24) is 9.21 Å². The number of aryl methyl sites for hydroxylation is 1. The molecule has 1 fully saturated rings. The Kier molecular flexibility index (Phi) is 7.40. The fraction of sp³-hybridized carbons (Fsp3) is 0.333. The van der Waals surface area contributed by atoms with Gasteiger partial charge in [0.2, 0.25) is 10.0 Å². The van der Waals surface area contributed by atoms with Crippen LogP contribution < -0.4 is 0 Å². The first-order chi connectivity index (χ1) is 15.6. The molecule has 1 aliphatic rings. The second-order valence-corrected chi connectivity index (χ2v) is 10.5. The van der Waals surface area contributed by atoms with Crippen molar-refractivity contribution in [3.8, 4) is 0 Å². The summed E-state index contributed by atoms with van der Waals surface area (Å²) in [5, 5.41) is 0. The first-order valence-electron chi connectivity index (χ1n) is 11.5. The molecule has 1 atom stereocenters. The Morgan fingerprint density at radius 2 is 1.47 bits per heavy atom. The highest BCUT2D eigenvalue weighted by atomic mass is 32.2. The topological polar surface area (TPSA) is 40.6 Å². The number of nitrogens with zero attached hydrogens (tertiary/aromatic N) is 2. The lowest BCUT2D eigenvalue weighted by Gasteiger charge is -2.29. The van der Waals surface area contributed by atoms with Gasteiger partial charge in [-0.25, -0.2) is 8.42 Å². The molecule has 1 saturated heterocycles. The molecule has 3 aromatic carbocycles. The van der Waals surface area contributed by atoms with Gasteiger partial charge >= 0.3 is 0 Å². The van der Waals surface area contributed by atoms with Gasteiger partial charge in [-0.2, -0.15) is 4.31 Å². The van der Waals surface area contributed by atoms with Crippen LogP contribution in [0.3, 0.4) is 0 Å². The lowest BCUT2D eigenvalue weighted by Crippen LogP contribution is -2.41. The van der Waals surface area contributed by atoms with E-state index in [4.69, 9.17) is 0 Å². The van der Waals surface area contributed by atoms with Crippen molar-refractivity contribution in [2.24, 2.45) is 0 Å². The highest BCUT2D eigenvalue weighted by Crippen LogP contribution is 2.27. The van der Waals surface area contributed by atoms with Gasteiger partial charge < -0.3 is 0 Å². The number of rotatable bonds is 9. The molecule has 0 spiro atoms. The van der Waals surface area contributed by atoms with Gasteiger partial charge in [0, 0.05) is 32.2 Å². The predicted octanol–water partition coefficient (Wildman–Crippen LogP) is 5.10. The first-order valence-corrected chi connectivity index (χ1v) is 12.9. The van der Waals surface area contributed by atoms with Gasteiger partial charge in [-0.15, -0.1) is 0 Å². The van der Waals surface area contributed by atoms with Crippen LogP contribution in [0.2, 0.25) is 0 Å². The number of hydrogen-bond donors (Lipinski definition) is 0. The first kappa shape index (κ1) is 22.7. The monoisotopic (exact) mass is 448 g/mol. The van der Waals surface area contributed by atoms with Crippen LogP contribution in [-0.4, -0.2) is 36.8 Å². The van der Waals surface area contributed by atoms with Crippen molar-refractivity contribution in [2.75, 3.05) is 13.1 Å². The van der Waals surface area contributed by atoms with E-state index >= 15 is 0 Å². The highest BCUT2D eigenvalue weighted by molar-refractivity contribution is 7.89. The van der Waals surface area contributed by atoms with E-state index in [2.05, 4.69) is 36.1 Å². The lowest BCUT2D eigenvalue weighted by molar-refractivity contribution is 0.276. The minimum atomic E-state index is -3.60. The Morgan fingerprint density at radius 3 is 2.09 bits per heavy atom. The summed E-state index contributed by atoms with van der Waals surface area (Å²) in [6, 6.07) is 27.7. The van der Waals surface area contributed by atoms with Crippen molar-refractivity contribution in [3.05, 3.63) is 102 Å². The second kappa shape index (κ2) is 10.4. The van der Waals surface area contributed by atoms with Gasteiger partial charge in [-0.3, -0.25) is 4.90 Å². The standard InChI is InChI=1S/C27H32N2O2S/c1-2-9-23-14-16-27(17-15-23)32(30,31)29(21-25-12-7-4-8-13-25)26-18-19-28(22-26)20-24-10-5-3-6-11-24/h3-8,10-17,26H,2,9,18-22H2,1H3. The second-order valence-electron chi connectivity index (χ2n) is 8.59. The van der Waals surface area contributed by atoms with E-state index < -0.39 is 10.0 Å². The van der Waals surface area contributed by atoms with Gasteiger partial charge in [0.15, 0.2) is 0 Å². The van der Waals surface area contributed by atoms with Crippen molar-refractivity contribution < 1.29 is 8.42 Å². The Morgan fingerprint density at radius 1 is 0.844 bits per heavy atom. The molecule has 1 aliphatic heterocycles. The molecular formula is C27H32N2O2S. The number of sulfonamides is 1. The number of benzene rings is 3. The van der Waals surface area contributed by atoms with Crippen molar-refractivity contribution in [3.63, 3.8) is 0 Å². The SMILES string of the molecule is CCCc1ccc(S(=O)(=O)N(Cc2ccccc2)C2CCN(Cc3ccccc3)C2)cc1. The normalized spacial score (nSPS) is 17.1. The summed E-state index contributed by atoms with van der Waals surface area (Å²) in [6.45, 7) is 5.02. The number of likely N-dealkylation sites (tertiary alicyclic amines) is 1. The molecule has 168 valence electrons. The molecule has 5 heteroatoms. The maximum absolute atomic E-state index is 13.8. The zero-order chi connectivity index (χ0) is 22.4. The van der Waals surface area contributed by atoms with Crippen LogP contribution in [0, 0.1) is 0 Å². The predicted molar refractivity (Wildman–Crippen MR) is 130 cm³/mol. The molecule has 0 amide bonds. The average molecular weight is 449 g/mol. The summed E-state index contributed by atoms with van der Waals surface area (Å²) in [4.78, 5) is 2.74. The van der Waals surface area contributed by atoms with Gasteiger partial charge in [0.05, 0.1) is 4.90 Å². The smallest absolute Gasteiger partial charge is 0.243 e. The van der Waals surface area contributed by atoms with Crippen LogP contribution in [0.5, 0.6) is 0 Å². The lowest BCUT2D eigenvalue weighted by atomic mass is 10.1. The highest BCUT2D eigenvalue weighted by Gasteiger charge is 2.36. The molecule has 0 bridgehead atoms. The maximum Gasteiger partial charge on any atom is 0.243 e. The van der Waals surface area contributed by atoms with Gasteiger partial charge in [0.1, 0.15) is 0 Å². The van der Waals surface area contributed by atoms with Crippen LogP contribution >= 0.6 is 0 Å². The minimum absolute atomic E-state index is 0.0424. The number of hydrogen-bond acceptors (Lipinski definition) is 3. The van der Waals surface area contributed by atoms with Crippen molar-refractivity contribution in [1.29, 1.82) is 0 Å². The van der Waals surface area contributed by atoms with E-state index in [1.165, 1.54) is 11.1 Å². The van der Waals surface area contributed by atoms with E-state index in [1.807, 2.05) is 48.5 Å². The quantitative estimate of drug-likeness (QED) is 0.457. The molecule has 32 heavy (non-hydrogen) atoms. The van der Waals surface area contributed by atoms with Crippen LogP contribution in [0.4, 0.5) is 0 Å². The maximum atomic E-state index is 13.8. The molecule has 4 rings (SSSR count). The minimum Gasteiger partial charge on any atom is -0.297 e. The van der Waals surface area contributed by atoms with Gasteiger partial charge in [-0.1, -0.05) is 86.1 Å². The van der Waals surface area contributed by atoms with Gasteiger partial charge in [0.25, 0.3) is 0 Å². The average Bonchev–Trinajstić information content (AvgIpc) is 3.27. The molecule has 4 nitrogen and oxygen atoms in total. The third-order valence-corrected chi connectivity index (χ3v) is 8.07. The van der Waals surface area contributed by atoms with Gasteiger partial charge in [-0.05, 0) is 41.7 Å². The Balaban J connectivity index is 1.57. The fourth-order valence-corrected chi connectivity index (χ4v) is 6.09. The Hall–Kier alpha value is -2.47. The molecule has 0 aromatic heterocycles. The summed E-state index contributed by atoms with van der Waals surface area (Å²) in [7, 11) is -3.60. The Bertz CT molecular complexity index is 1080. The molecule has 3 aromatic rings. The summed E-state index contributed by atoms with van der Waals surface area (Å²) in [6.07, 6.45) is 2.85. The molecule has 0 radical (unpaired) electrons. The van der Waals surface area contributed by atoms with Crippen LogP contribution in [0.1, 0.15) is 36.5 Å². The zero-order valence-corrected chi connectivity index (χ0v) is 19.5. The fourth-order valence-electron chi connectivity index (χ4n) is 4.46. The summed E-state index contributed by atoms with van der Waals surface area (Å²) in [5.74, 6) is 0. The summed E-state index contributed by atoms with van der Waals surface area (Å²) in [5.41, 5.74) is 3.45. The zero-order valence-electron chi connectivity index (χ0n) is 18.7. The van der Waals surface area contributed by atoms with E-state index in [1.54, 1.807) is 16.4 Å². The van der Waals surface area contributed by atoms with E-state index in [0.29, 0.717) is 11.4 Å². The van der Waals surface area contributed by atoms with Crippen LogP contribution in [-0.2, 0) is 29.5 Å². The molecular weight excluding hydrogens is 416 g/mol. The molecule has 0 saturated carbocycles. The van der Waals surface area contributed by atoms with Crippen LogP contribution in [0.25, 0.3) is 0 Å². The van der Waals surface area contributed by atoms with E-state index in [-0.39, 0.29) is 6.04 Å². The van der Waals surface area contributed by atoms with Crippen molar-refractivity contribution >= 4 is 10.0 Å². The summed E-state index contributed by atoms with van der Waals surface area (Å²) >= 11 is 0. The molecule has 1 heterocycles. The molecule has 0 aliphatic carbocycles. The van der Waals surface area contributed by atoms with Crippen molar-refractivity contribution in [2.45, 2.75) is 50.2 Å². The third kappa shape index (κ3) is 5.47. The Labute approximate surface area is 192 Å². The molecule has 1 unspecified atom stereocenters. The van der Waals surface area contributed by atoms with Crippen LogP contribution in [0.15, 0.2) is 89.8 Å². The summed E-state index contributed by atoms with van der Waals surface area (Å²) < 4.78 is 29.3. The van der Waals surface area contributed by atoms with E-state index in [0.717, 1.165) is 44.5 Å². The molecule has 0 N–H and O–H groups in total. The largest absolute Gasteiger partial charge is 0.297 e.